The second-order valence-electron chi connectivity index (χ2n) is 4.61. The number of aromatic amines is 1. The van der Waals surface area contributed by atoms with Crippen LogP contribution in [0.4, 0.5) is 10.5 Å². The van der Waals surface area contributed by atoms with Crippen molar-refractivity contribution in [3.63, 3.8) is 0 Å². The minimum absolute atomic E-state index is 0.209. The van der Waals surface area contributed by atoms with Gasteiger partial charge in [-0.05, 0) is 6.07 Å². The number of H-pyrrole nitrogens is 1. The standard InChI is InChI=1S/C12H17N5O3S/c1-17(21(2,19)20)7-6-13-12(18)15-10-5-3-4-9-8-14-16-11(9)10/h3-5,8H,6-7H2,1-2H3,(H,14,16)(H2,13,15,18). The van der Waals surface area contributed by atoms with Gasteiger partial charge in [0.1, 0.15) is 0 Å². The Balaban J connectivity index is 1.89. The summed E-state index contributed by atoms with van der Waals surface area (Å²) in [6.07, 6.45) is 2.78. The molecule has 0 unspecified atom stereocenters. The molecule has 0 aliphatic heterocycles. The van der Waals surface area contributed by atoms with Crippen LogP contribution in [0.25, 0.3) is 10.9 Å². The Hall–Kier alpha value is -2.13. The van der Waals surface area contributed by atoms with Crippen molar-refractivity contribution in [2.75, 3.05) is 31.7 Å². The number of anilines is 1. The number of likely N-dealkylation sites (N-methyl/N-ethyl adjacent to an activating group) is 1. The highest BCUT2D eigenvalue weighted by Gasteiger charge is 2.11. The lowest BCUT2D eigenvalue weighted by Crippen LogP contribution is -2.37. The molecule has 1 heterocycles. The molecule has 0 bridgehead atoms. The third-order valence-electron chi connectivity index (χ3n) is 3.00. The molecule has 0 atom stereocenters. The largest absolute Gasteiger partial charge is 0.337 e. The highest BCUT2D eigenvalue weighted by molar-refractivity contribution is 7.88. The molecule has 0 aliphatic carbocycles. The molecular formula is C12H17N5O3S. The fourth-order valence-corrected chi connectivity index (χ4v) is 2.16. The maximum Gasteiger partial charge on any atom is 0.319 e. The summed E-state index contributed by atoms with van der Waals surface area (Å²) in [7, 11) is -1.77. The first-order chi connectivity index (χ1) is 9.88. The van der Waals surface area contributed by atoms with E-state index >= 15 is 0 Å². The van der Waals surface area contributed by atoms with E-state index in [1.807, 2.05) is 12.1 Å². The van der Waals surface area contributed by atoms with E-state index in [0.717, 1.165) is 17.2 Å². The average Bonchev–Trinajstić information content (AvgIpc) is 2.86. The Morgan fingerprint density at radius 2 is 2.19 bits per heavy atom. The molecule has 2 amide bonds. The van der Waals surface area contributed by atoms with Gasteiger partial charge in [0.05, 0.1) is 23.7 Å². The maximum atomic E-state index is 11.8. The molecule has 3 N–H and O–H groups in total. The lowest BCUT2D eigenvalue weighted by molar-refractivity contribution is 0.251. The minimum Gasteiger partial charge on any atom is -0.337 e. The highest BCUT2D eigenvalue weighted by Crippen LogP contribution is 2.19. The van der Waals surface area contributed by atoms with Crippen LogP contribution in [0, 0.1) is 0 Å². The monoisotopic (exact) mass is 311 g/mol. The van der Waals surface area contributed by atoms with E-state index in [4.69, 9.17) is 0 Å². The van der Waals surface area contributed by atoms with Crippen LogP contribution >= 0.6 is 0 Å². The number of hydrogen-bond donors (Lipinski definition) is 3. The summed E-state index contributed by atoms with van der Waals surface area (Å²) in [5.41, 5.74) is 1.35. The van der Waals surface area contributed by atoms with Gasteiger partial charge in [0.15, 0.2) is 0 Å². The van der Waals surface area contributed by atoms with Crippen LogP contribution in [-0.4, -0.2) is 55.3 Å². The molecule has 0 spiro atoms. The number of benzene rings is 1. The number of nitrogens with one attached hydrogen (secondary N) is 3. The van der Waals surface area contributed by atoms with Gasteiger partial charge in [-0.2, -0.15) is 5.10 Å². The van der Waals surface area contributed by atoms with E-state index in [1.165, 1.54) is 11.4 Å². The van der Waals surface area contributed by atoms with Crippen LogP contribution in [0.5, 0.6) is 0 Å². The van der Waals surface area contributed by atoms with Crippen LogP contribution in [0.2, 0.25) is 0 Å². The minimum atomic E-state index is -3.23. The number of aromatic nitrogens is 2. The van der Waals surface area contributed by atoms with Crippen molar-refractivity contribution in [3.8, 4) is 0 Å². The van der Waals surface area contributed by atoms with E-state index in [1.54, 1.807) is 12.3 Å². The van der Waals surface area contributed by atoms with Crippen molar-refractivity contribution in [3.05, 3.63) is 24.4 Å². The number of carbonyl (C=O) groups is 1. The van der Waals surface area contributed by atoms with E-state index in [-0.39, 0.29) is 13.1 Å². The smallest absolute Gasteiger partial charge is 0.319 e. The van der Waals surface area contributed by atoms with Crippen molar-refractivity contribution >= 4 is 32.6 Å². The highest BCUT2D eigenvalue weighted by atomic mass is 32.2. The van der Waals surface area contributed by atoms with E-state index < -0.39 is 16.1 Å². The van der Waals surface area contributed by atoms with Crippen LogP contribution in [0.3, 0.4) is 0 Å². The van der Waals surface area contributed by atoms with Crippen LogP contribution in [0.1, 0.15) is 0 Å². The topological polar surface area (TPSA) is 107 Å². The zero-order valence-electron chi connectivity index (χ0n) is 11.8. The first-order valence-corrected chi connectivity index (χ1v) is 8.11. The van der Waals surface area contributed by atoms with Crippen molar-refractivity contribution in [2.45, 2.75) is 0 Å². The van der Waals surface area contributed by atoms with Gasteiger partial charge in [-0.25, -0.2) is 17.5 Å². The Labute approximate surface area is 122 Å². The molecule has 0 aliphatic rings. The Morgan fingerprint density at radius 3 is 2.90 bits per heavy atom. The zero-order chi connectivity index (χ0) is 15.5. The lowest BCUT2D eigenvalue weighted by Gasteiger charge is -2.14. The van der Waals surface area contributed by atoms with Crippen LogP contribution in [0.15, 0.2) is 24.4 Å². The Morgan fingerprint density at radius 1 is 1.43 bits per heavy atom. The molecule has 0 radical (unpaired) electrons. The van der Waals surface area contributed by atoms with Crippen LogP contribution in [-0.2, 0) is 10.0 Å². The molecule has 8 nitrogen and oxygen atoms in total. The molecule has 21 heavy (non-hydrogen) atoms. The van der Waals surface area contributed by atoms with Gasteiger partial charge in [0.2, 0.25) is 10.0 Å². The van der Waals surface area contributed by atoms with Crippen molar-refractivity contribution < 1.29 is 13.2 Å². The number of carbonyl (C=O) groups excluding carboxylic acids is 1. The molecule has 1 aromatic heterocycles. The molecule has 9 heteroatoms. The SMILES string of the molecule is CN(CCNC(=O)Nc1cccc2cn[nH]c12)S(C)(=O)=O. The van der Waals surface area contributed by atoms with Crippen molar-refractivity contribution in [1.82, 2.24) is 19.8 Å². The van der Waals surface area contributed by atoms with Gasteiger partial charge in [-0.3, -0.25) is 5.10 Å². The fraction of sp³-hybridized carbons (Fsp3) is 0.333. The predicted octanol–water partition coefficient (Wildman–Crippen LogP) is 0.576. The molecule has 0 fully saturated rings. The predicted molar refractivity (Wildman–Crippen MR) is 80.6 cm³/mol. The van der Waals surface area contributed by atoms with Crippen molar-refractivity contribution in [1.29, 1.82) is 0 Å². The van der Waals surface area contributed by atoms with Gasteiger partial charge in [0, 0.05) is 25.5 Å². The number of fused-ring (bicyclic) bond motifs is 1. The number of urea groups is 1. The first kappa shape index (κ1) is 15.3. The van der Waals surface area contributed by atoms with Gasteiger partial charge in [0.25, 0.3) is 0 Å². The number of rotatable bonds is 5. The summed E-state index contributed by atoms with van der Waals surface area (Å²) in [6.45, 7) is 0.425. The van der Waals surface area contributed by atoms with E-state index in [2.05, 4.69) is 20.8 Å². The van der Waals surface area contributed by atoms with Gasteiger partial charge in [-0.15, -0.1) is 0 Å². The quantitative estimate of drug-likeness (QED) is 0.750. The Kier molecular flexibility index (Phi) is 4.43. The average molecular weight is 311 g/mol. The molecule has 2 rings (SSSR count). The fourth-order valence-electron chi connectivity index (χ4n) is 1.73. The molecular weight excluding hydrogens is 294 g/mol. The number of para-hydroxylation sites is 1. The number of hydrogen-bond acceptors (Lipinski definition) is 4. The first-order valence-electron chi connectivity index (χ1n) is 6.26. The number of amides is 2. The molecule has 1 aromatic carbocycles. The Bertz CT molecular complexity index is 740. The third kappa shape index (κ3) is 3.92. The summed E-state index contributed by atoms with van der Waals surface area (Å²) in [5, 5.41) is 12.9. The molecule has 0 saturated heterocycles. The second kappa shape index (κ2) is 6.10. The summed E-state index contributed by atoms with van der Waals surface area (Å²) in [5.74, 6) is 0. The van der Waals surface area contributed by atoms with Crippen molar-refractivity contribution in [2.24, 2.45) is 0 Å². The van der Waals surface area contributed by atoms with Gasteiger partial charge >= 0.3 is 6.03 Å². The third-order valence-corrected chi connectivity index (χ3v) is 4.32. The van der Waals surface area contributed by atoms with E-state index in [9.17, 15) is 13.2 Å². The van der Waals surface area contributed by atoms with E-state index in [0.29, 0.717) is 5.69 Å². The maximum absolute atomic E-state index is 11.8. The summed E-state index contributed by atoms with van der Waals surface area (Å²) in [6, 6.07) is 5.04. The van der Waals surface area contributed by atoms with Gasteiger partial charge < -0.3 is 10.6 Å². The summed E-state index contributed by atoms with van der Waals surface area (Å²) in [4.78, 5) is 11.8. The lowest BCUT2D eigenvalue weighted by atomic mass is 10.2. The van der Waals surface area contributed by atoms with Crippen LogP contribution < -0.4 is 10.6 Å². The van der Waals surface area contributed by atoms with Gasteiger partial charge in [-0.1, -0.05) is 12.1 Å². The normalized spacial score (nSPS) is 11.8. The second-order valence-corrected chi connectivity index (χ2v) is 6.69. The summed E-state index contributed by atoms with van der Waals surface area (Å²) >= 11 is 0. The number of nitrogens with zero attached hydrogens (tertiary/aromatic N) is 2. The molecule has 2 aromatic rings. The number of sulfonamides is 1. The zero-order valence-corrected chi connectivity index (χ0v) is 12.6. The summed E-state index contributed by atoms with van der Waals surface area (Å²) < 4.78 is 23.6. The molecule has 0 saturated carbocycles. The molecule has 114 valence electrons.